The molecule has 1 nitrogen and oxygen atoms in total. The summed E-state index contributed by atoms with van der Waals surface area (Å²) < 4.78 is 0. The average Bonchev–Trinajstić information content (AvgIpc) is 2.79. The summed E-state index contributed by atoms with van der Waals surface area (Å²) in [4.78, 5) is 0. The lowest BCUT2D eigenvalue weighted by molar-refractivity contribution is 1.46. The van der Waals surface area contributed by atoms with Crippen LogP contribution in [0.3, 0.4) is 0 Å². The van der Waals surface area contributed by atoms with E-state index >= 15 is 0 Å². The van der Waals surface area contributed by atoms with Gasteiger partial charge in [-0.25, -0.2) is 0 Å². The molecule has 148 valence electrons. The predicted octanol–water partition coefficient (Wildman–Crippen LogP) is 8.12. The maximum atomic E-state index is 6.97. The molecule has 0 bridgehead atoms. The van der Waals surface area contributed by atoms with Gasteiger partial charge in [-0.1, -0.05) is 102 Å². The van der Waals surface area contributed by atoms with Crippen LogP contribution < -0.4 is 5.73 Å². The van der Waals surface area contributed by atoms with E-state index in [9.17, 15) is 0 Å². The van der Waals surface area contributed by atoms with Crippen molar-refractivity contribution in [3.8, 4) is 22.3 Å². The molecule has 2 N–H and O–H groups in total. The van der Waals surface area contributed by atoms with Crippen molar-refractivity contribution in [3.63, 3.8) is 0 Å². The Kier molecular flexibility index (Phi) is 3.82. The van der Waals surface area contributed by atoms with Gasteiger partial charge in [0, 0.05) is 22.0 Å². The molecule has 0 aliphatic carbocycles. The average molecular weight is 398 g/mol. The lowest BCUT2D eigenvalue weighted by Crippen LogP contribution is -1.98. The molecule has 0 atom stereocenters. The van der Waals surface area contributed by atoms with Gasteiger partial charge in [0.25, 0.3) is 0 Å². The minimum absolute atomic E-state index is 0.852. The summed E-state index contributed by atoms with van der Waals surface area (Å²) in [6.07, 6.45) is 0. The molecule has 0 saturated carbocycles. The fourth-order valence-electron chi connectivity index (χ4n) is 4.96. The second kappa shape index (κ2) is 6.58. The first kappa shape index (κ1) is 18.0. The number of aryl methyl sites for hydroxylation is 2. The first-order valence-corrected chi connectivity index (χ1v) is 10.7. The molecule has 6 aromatic rings. The Morgan fingerprint density at radius 1 is 0.484 bits per heavy atom. The molecule has 6 rings (SSSR count). The molecule has 0 aliphatic rings. The second-order valence-electron chi connectivity index (χ2n) is 8.58. The van der Waals surface area contributed by atoms with Crippen molar-refractivity contribution in [3.05, 3.63) is 102 Å². The summed E-state index contributed by atoms with van der Waals surface area (Å²) in [5, 5.41) is 7.46. The van der Waals surface area contributed by atoms with Crippen LogP contribution in [0.5, 0.6) is 0 Å². The van der Waals surface area contributed by atoms with Crippen LogP contribution in [0.2, 0.25) is 0 Å². The summed E-state index contributed by atoms with van der Waals surface area (Å²) in [7, 11) is 0. The highest BCUT2D eigenvalue weighted by Crippen LogP contribution is 2.48. The van der Waals surface area contributed by atoms with Crippen LogP contribution in [-0.2, 0) is 0 Å². The molecule has 0 spiro atoms. The Labute approximate surface area is 182 Å². The zero-order chi connectivity index (χ0) is 21.1. The number of nitrogens with two attached hydrogens (primary N) is 1. The molecule has 0 aliphatic heterocycles. The van der Waals surface area contributed by atoms with Crippen LogP contribution in [-0.4, -0.2) is 0 Å². The smallest absolute Gasteiger partial charge is 0.0480 e. The quantitative estimate of drug-likeness (QED) is 0.232. The van der Waals surface area contributed by atoms with E-state index in [0.717, 1.165) is 22.2 Å². The van der Waals surface area contributed by atoms with Crippen molar-refractivity contribution in [2.45, 2.75) is 13.8 Å². The summed E-state index contributed by atoms with van der Waals surface area (Å²) in [6, 6.07) is 32.9. The number of rotatable bonds is 2. The molecule has 31 heavy (non-hydrogen) atoms. The molecule has 0 radical (unpaired) electrons. The van der Waals surface area contributed by atoms with Crippen LogP contribution in [0.1, 0.15) is 11.1 Å². The number of hydrogen-bond donors (Lipinski definition) is 1. The van der Waals surface area contributed by atoms with E-state index < -0.39 is 0 Å². The number of anilines is 1. The van der Waals surface area contributed by atoms with E-state index in [1.54, 1.807) is 0 Å². The van der Waals surface area contributed by atoms with E-state index in [4.69, 9.17) is 5.73 Å². The molecule has 0 unspecified atom stereocenters. The van der Waals surface area contributed by atoms with Gasteiger partial charge < -0.3 is 5.73 Å². The van der Waals surface area contributed by atoms with Gasteiger partial charge in [-0.2, -0.15) is 0 Å². The zero-order valence-corrected chi connectivity index (χ0v) is 17.7. The molecule has 1 heteroatoms. The minimum atomic E-state index is 0.852. The van der Waals surface area contributed by atoms with Crippen LogP contribution in [0.15, 0.2) is 91.0 Å². The lowest BCUT2D eigenvalue weighted by atomic mass is 9.83. The molecule has 0 amide bonds. The topological polar surface area (TPSA) is 26.0 Å². The first-order valence-electron chi connectivity index (χ1n) is 10.7. The predicted molar refractivity (Wildman–Crippen MR) is 135 cm³/mol. The van der Waals surface area contributed by atoms with Crippen molar-refractivity contribution in [2.75, 3.05) is 5.73 Å². The maximum absolute atomic E-state index is 6.97. The highest BCUT2D eigenvalue weighted by Gasteiger charge is 2.20. The van der Waals surface area contributed by atoms with Crippen LogP contribution in [0.4, 0.5) is 5.69 Å². The molecule has 0 fully saturated rings. The summed E-state index contributed by atoms with van der Waals surface area (Å²) in [5.74, 6) is 0. The molecular formula is C30H23N. The second-order valence-corrected chi connectivity index (χ2v) is 8.58. The fourth-order valence-corrected chi connectivity index (χ4v) is 4.96. The fraction of sp³-hybridized carbons (Fsp3) is 0.0667. The van der Waals surface area contributed by atoms with Gasteiger partial charge in [0.1, 0.15) is 0 Å². The molecular weight excluding hydrogens is 374 g/mol. The standard InChI is InChI=1S/C30H23N/c1-18-6-10-22(11-7-18)27-24-16-14-20-4-3-5-21-15-17-25(29(24)26(20)21)30(31)28(27)23-12-8-19(2)9-13-23/h3-17H,31H2,1-2H3. The van der Waals surface area contributed by atoms with Crippen LogP contribution in [0.25, 0.3) is 54.6 Å². The minimum Gasteiger partial charge on any atom is -0.398 e. The third-order valence-electron chi connectivity index (χ3n) is 6.54. The van der Waals surface area contributed by atoms with Crippen molar-refractivity contribution >= 4 is 38.0 Å². The summed E-state index contributed by atoms with van der Waals surface area (Å²) >= 11 is 0. The van der Waals surface area contributed by atoms with Gasteiger partial charge >= 0.3 is 0 Å². The Morgan fingerprint density at radius 2 is 1.00 bits per heavy atom. The highest BCUT2D eigenvalue weighted by atomic mass is 14.6. The van der Waals surface area contributed by atoms with Gasteiger partial charge in [-0.3, -0.25) is 0 Å². The van der Waals surface area contributed by atoms with E-state index in [2.05, 4.69) is 105 Å². The largest absolute Gasteiger partial charge is 0.398 e. The molecule has 0 saturated heterocycles. The van der Waals surface area contributed by atoms with Crippen molar-refractivity contribution in [1.82, 2.24) is 0 Å². The van der Waals surface area contributed by atoms with Gasteiger partial charge in [0.05, 0.1) is 0 Å². The zero-order valence-electron chi connectivity index (χ0n) is 17.7. The van der Waals surface area contributed by atoms with E-state index in [-0.39, 0.29) is 0 Å². The van der Waals surface area contributed by atoms with E-state index in [0.29, 0.717) is 0 Å². The van der Waals surface area contributed by atoms with E-state index in [1.165, 1.54) is 49.2 Å². The normalized spacial score (nSPS) is 11.7. The van der Waals surface area contributed by atoms with Gasteiger partial charge in [0.2, 0.25) is 0 Å². The number of hydrogen-bond acceptors (Lipinski definition) is 1. The third-order valence-corrected chi connectivity index (χ3v) is 6.54. The van der Waals surface area contributed by atoms with Crippen molar-refractivity contribution in [1.29, 1.82) is 0 Å². The van der Waals surface area contributed by atoms with Crippen molar-refractivity contribution in [2.24, 2.45) is 0 Å². The van der Waals surface area contributed by atoms with Crippen LogP contribution >= 0.6 is 0 Å². The lowest BCUT2D eigenvalue weighted by Gasteiger charge is -2.21. The molecule has 0 heterocycles. The van der Waals surface area contributed by atoms with Crippen molar-refractivity contribution < 1.29 is 0 Å². The SMILES string of the molecule is Cc1ccc(-c2c(N)c3ccc4cccc5ccc(c2-c2ccc(C)cc2)c3c45)cc1. The highest BCUT2D eigenvalue weighted by molar-refractivity contribution is 6.30. The number of benzene rings is 6. The Balaban J connectivity index is 1.86. The molecule has 6 aromatic carbocycles. The summed E-state index contributed by atoms with van der Waals surface area (Å²) in [6.45, 7) is 4.25. The monoisotopic (exact) mass is 397 g/mol. The van der Waals surface area contributed by atoms with Crippen LogP contribution in [0, 0.1) is 13.8 Å². The Hall–Kier alpha value is -3.84. The van der Waals surface area contributed by atoms with E-state index in [1.807, 2.05) is 0 Å². The third kappa shape index (κ3) is 2.63. The van der Waals surface area contributed by atoms with Gasteiger partial charge in [-0.05, 0) is 52.1 Å². The Bertz CT molecular complexity index is 1560. The maximum Gasteiger partial charge on any atom is 0.0480 e. The first-order chi connectivity index (χ1) is 15.1. The Morgan fingerprint density at radius 3 is 1.58 bits per heavy atom. The summed E-state index contributed by atoms with van der Waals surface area (Å²) in [5.41, 5.74) is 15.0. The van der Waals surface area contributed by atoms with Gasteiger partial charge in [-0.15, -0.1) is 0 Å². The van der Waals surface area contributed by atoms with Gasteiger partial charge in [0.15, 0.2) is 0 Å². The number of nitrogen functional groups attached to an aromatic ring is 1. The molecule has 0 aromatic heterocycles.